The number of amides is 2. The second kappa shape index (κ2) is 9.12. The maximum Gasteiger partial charge on any atom is 0.265 e. The van der Waals surface area contributed by atoms with Crippen LogP contribution in [0.1, 0.15) is 20.3 Å². The first-order chi connectivity index (χ1) is 13.6. The number of carbonyl (C=O) groups is 2. The molecule has 7 heteroatoms. The molecule has 3 rings (SSSR count). The summed E-state index contributed by atoms with van der Waals surface area (Å²) in [7, 11) is 0. The molecule has 0 bridgehead atoms. The molecule has 0 radical (unpaired) electrons. The summed E-state index contributed by atoms with van der Waals surface area (Å²) in [5.74, 6) is 1.59. The van der Waals surface area contributed by atoms with Gasteiger partial charge in [-0.1, -0.05) is 6.92 Å². The topological polar surface area (TPSA) is 77.1 Å². The van der Waals surface area contributed by atoms with E-state index in [4.69, 9.17) is 14.2 Å². The van der Waals surface area contributed by atoms with Crippen molar-refractivity contribution in [2.24, 2.45) is 0 Å². The largest absolute Gasteiger partial charge is 0.494 e. The predicted octanol–water partition coefficient (Wildman–Crippen LogP) is 3.24. The molecular formula is C21H24N2O5. The molecule has 0 saturated carbocycles. The van der Waals surface area contributed by atoms with Gasteiger partial charge in [0.15, 0.2) is 13.2 Å². The summed E-state index contributed by atoms with van der Waals surface area (Å²) in [4.78, 5) is 26.0. The van der Waals surface area contributed by atoms with Gasteiger partial charge in [0.2, 0.25) is 0 Å². The lowest BCUT2D eigenvalue weighted by molar-refractivity contribution is -0.121. The number of hydrogen-bond acceptors (Lipinski definition) is 5. The van der Waals surface area contributed by atoms with Crippen LogP contribution in [0.3, 0.4) is 0 Å². The van der Waals surface area contributed by atoms with Crippen LogP contribution in [0.25, 0.3) is 0 Å². The highest BCUT2D eigenvalue weighted by atomic mass is 16.5. The fraction of sp³-hybridized carbons (Fsp3) is 0.333. The minimum atomic E-state index is -0.293. The lowest BCUT2D eigenvalue weighted by Gasteiger charge is -2.29. The van der Waals surface area contributed by atoms with Gasteiger partial charge in [-0.05, 0) is 55.8 Å². The third-order valence-electron chi connectivity index (χ3n) is 4.14. The summed E-state index contributed by atoms with van der Waals surface area (Å²) < 4.78 is 16.3. The van der Waals surface area contributed by atoms with Crippen molar-refractivity contribution < 1.29 is 23.8 Å². The van der Waals surface area contributed by atoms with E-state index < -0.39 is 0 Å². The molecule has 1 N–H and O–H groups in total. The molecule has 7 nitrogen and oxygen atoms in total. The van der Waals surface area contributed by atoms with Gasteiger partial charge in [-0.15, -0.1) is 0 Å². The third kappa shape index (κ3) is 4.73. The quantitative estimate of drug-likeness (QED) is 0.756. The Balaban J connectivity index is 1.60. The molecule has 0 saturated heterocycles. The molecule has 2 aromatic carbocycles. The molecule has 148 valence electrons. The zero-order chi connectivity index (χ0) is 19.9. The fourth-order valence-electron chi connectivity index (χ4n) is 2.89. The number of nitrogens with one attached hydrogen (secondary N) is 1. The summed E-state index contributed by atoms with van der Waals surface area (Å²) in [5.41, 5.74) is 1.25. The van der Waals surface area contributed by atoms with Crippen molar-refractivity contribution >= 4 is 23.2 Å². The number of nitrogens with zero attached hydrogens (tertiary/aromatic N) is 1. The number of ether oxygens (including phenoxy) is 3. The van der Waals surface area contributed by atoms with Gasteiger partial charge >= 0.3 is 0 Å². The van der Waals surface area contributed by atoms with E-state index in [1.807, 2.05) is 13.8 Å². The predicted molar refractivity (Wildman–Crippen MR) is 106 cm³/mol. The molecule has 0 atom stereocenters. The van der Waals surface area contributed by atoms with Crippen molar-refractivity contribution in [2.45, 2.75) is 20.3 Å². The van der Waals surface area contributed by atoms with E-state index in [1.165, 1.54) is 0 Å². The Morgan fingerprint density at radius 2 is 1.82 bits per heavy atom. The number of anilines is 2. The molecule has 0 aliphatic carbocycles. The van der Waals surface area contributed by atoms with Crippen molar-refractivity contribution in [3.8, 4) is 17.2 Å². The monoisotopic (exact) mass is 384 g/mol. The Morgan fingerprint density at radius 3 is 2.50 bits per heavy atom. The molecule has 1 heterocycles. The van der Waals surface area contributed by atoms with Gasteiger partial charge in [0.05, 0.1) is 12.3 Å². The lowest BCUT2D eigenvalue weighted by Crippen LogP contribution is -2.39. The number of benzene rings is 2. The second-order valence-electron chi connectivity index (χ2n) is 6.26. The Morgan fingerprint density at radius 1 is 1.11 bits per heavy atom. The molecule has 2 aromatic rings. The first-order valence-corrected chi connectivity index (χ1v) is 9.33. The average molecular weight is 384 g/mol. The Hall–Kier alpha value is -3.22. The molecule has 0 aromatic heterocycles. The van der Waals surface area contributed by atoms with Gasteiger partial charge in [0, 0.05) is 12.2 Å². The minimum Gasteiger partial charge on any atom is -0.494 e. The van der Waals surface area contributed by atoms with Crippen LogP contribution in [0.4, 0.5) is 11.4 Å². The Labute approximate surface area is 164 Å². The molecule has 2 amide bonds. The SMILES string of the molecule is CCCN1C(=O)COc2ccc(NC(=O)COc3ccc(OCC)cc3)cc21. The second-order valence-corrected chi connectivity index (χ2v) is 6.26. The van der Waals surface area contributed by atoms with Crippen molar-refractivity contribution in [1.82, 2.24) is 0 Å². The van der Waals surface area contributed by atoms with E-state index in [1.54, 1.807) is 47.4 Å². The van der Waals surface area contributed by atoms with Crippen molar-refractivity contribution in [1.29, 1.82) is 0 Å². The Kier molecular flexibility index (Phi) is 6.37. The number of hydrogen-bond donors (Lipinski definition) is 1. The zero-order valence-corrected chi connectivity index (χ0v) is 16.1. The van der Waals surface area contributed by atoms with Crippen molar-refractivity contribution in [3.05, 3.63) is 42.5 Å². The molecule has 1 aliphatic rings. The fourth-order valence-corrected chi connectivity index (χ4v) is 2.89. The van der Waals surface area contributed by atoms with Gasteiger partial charge in [0.1, 0.15) is 17.2 Å². The van der Waals surface area contributed by atoms with Gasteiger partial charge in [-0.25, -0.2) is 0 Å². The van der Waals surface area contributed by atoms with Crippen LogP contribution in [-0.2, 0) is 9.59 Å². The van der Waals surface area contributed by atoms with E-state index in [2.05, 4.69) is 5.32 Å². The summed E-state index contributed by atoms with van der Waals surface area (Å²) in [5, 5.41) is 2.79. The number of carbonyl (C=O) groups excluding carboxylic acids is 2. The smallest absolute Gasteiger partial charge is 0.265 e. The summed E-state index contributed by atoms with van der Waals surface area (Å²) in [6.45, 7) is 5.03. The van der Waals surface area contributed by atoms with E-state index in [-0.39, 0.29) is 25.0 Å². The van der Waals surface area contributed by atoms with E-state index in [9.17, 15) is 9.59 Å². The maximum atomic E-state index is 12.2. The first-order valence-electron chi connectivity index (χ1n) is 9.33. The standard InChI is InChI=1S/C21H24N2O5/c1-3-11-23-18-12-15(5-10-19(18)28-14-21(23)25)22-20(24)13-27-17-8-6-16(7-9-17)26-4-2/h5-10,12H,3-4,11,13-14H2,1-2H3,(H,22,24). The van der Waals surface area contributed by atoms with Crippen LogP contribution in [0.15, 0.2) is 42.5 Å². The maximum absolute atomic E-state index is 12.2. The van der Waals surface area contributed by atoms with E-state index >= 15 is 0 Å². The van der Waals surface area contributed by atoms with Gasteiger partial charge < -0.3 is 24.4 Å². The van der Waals surface area contributed by atoms with Crippen LogP contribution in [-0.4, -0.2) is 38.2 Å². The molecule has 0 fully saturated rings. The molecule has 28 heavy (non-hydrogen) atoms. The lowest BCUT2D eigenvalue weighted by atomic mass is 10.2. The number of rotatable bonds is 8. The number of fused-ring (bicyclic) bond motifs is 1. The van der Waals surface area contributed by atoms with Crippen molar-refractivity contribution in [2.75, 3.05) is 36.6 Å². The normalized spacial score (nSPS) is 12.8. The van der Waals surface area contributed by atoms with Crippen LogP contribution in [0.2, 0.25) is 0 Å². The average Bonchev–Trinajstić information content (AvgIpc) is 2.70. The van der Waals surface area contributed by atoms with Gasteiger partial charge in [-0.3, -0.25) is 9.59 Å². The molecule has 0 unspecified atom stereocenters. The van der Waals surface area contributed by atoms with Gasteiger partial charge in [0.25, 0.3) is 11.8 Å². The van der Waals surface area contributed by atoms with Crippen LogP contribution in [0.5, 0.6) is 17.2 Å². The highest BCUT2D eigenvalue weighted by Crippen LogP contribution is 2.34. The zero-order valence-electron chi connectivity index (χ0n) is 16.1. The molecule has 1 aliphatic heterocycles. The summed E-state index contributed by atoms with van der Waals surface area (Å²) in [6, 6.07) is 12.3. The summed E-state index contributed by atoms with van der Waals surface area (Å²) in [6.07, 6.45) is 0.831. The molecule has 0 spiro atoms. The van der Waals surface area contributed by atoms with Crippen LogP contribution >= 0.6 is 0 Å². The van der Waals surface area contributed by atoms with E-state index in [0.717, 1.165) is 12.2 Å². The van der Waals surface area contributed by atoms with Gasteiger partial charge in [-0.2, -0.15) is 0 Å². The van der Waals surface area contributed by atoms with E-state index in [0.29, 0.717) is 36.0 Å². The van der Waals surface area contributed by atoms with Crippen molar-refractivity contribution in [3.63, 3.8) is 0 Å². The first kappa shape index (κ1) is 19.5. The highest BCUT2D eigenvalue weighted by molar-refractivity contribution is 5.99. The Bertz CT molecular complexity index is 835. The van der Waals surface area contributed by atoms with Crippen LogP contribution < -0.4 is 24.4 Å². The van der Waals surface area contributed by atoms with Crippen LogP contribution in [0, 0.1) is 0 Å². The minimum absolute atomic E-state index is 0.0363. The molecular weight excluding hydrogens is 360 g/mol. The highest BCUT2D eigenvalue weighted by Gasteiger charge is 2.25. The third-order valence-corrected chi connectivity index (χ3v) is 4.14. The summed E-state index contributed by atoms with van der Waals surface area (Å²) >= 11 is 0.